The van der Waals surface area contributed by atoms with Gasteiger partial charge in [0.2, 0.25) is 0 Å². The first-order valence-corrected chi connectivity index (χ1v) is 9.23. The number of carbonyl (C=O) groups excluding carboxylic acids is 4. The fourth-order valence-corrected chi connectivity index (χ4v) is 4.32. The molecule has 2 aliphatic heterocycles. The van der Waals surface area contributed by atoms with Crippen LogP contribution in [0.15, 0.2) is 4.99 Å². The molecule has 3 heterocycles. The number of aromatic nitrogens is 1. The number of aryl methyl sites for hydroxylation is 1. The van der Waals surface area contributed by atoms with Gasteiger partial charge in [0.15, 0.2) is 17.5 Å². The van der Waals surface area contributed by atoms with Crippen molar-refractivity contribution in [3.8, 4) is 0 Å². The van der Waals surface area contributed by atoms with Gasteiger partial charge in [0, 0.05) is 20.5 Å². The Kier molecular flexibility index (Phi) is 4.10. The second-order valence-corrected chi connectivity index (χ2v) is 7.54. The molecule has 1 saturated heterocycles. The molecule has 1 unspecified atom stereocenters. The summed E-state index contributed by atoms with van der Waals surface area (Å²) in [5.74, 6) is -0.458. The lowest BCUT2D eigenvalue weighted by Gasteiger charge is -2.30. The van der Waals surface area contributed by atoms with E-state index >= 15 is 0 Å². The summed E-state index contributed by atoms with van der Waals surface area (Å²) in [5.41, 5.74) is 0.731. The molecule has 1 aliphatic carbocycles. The monoisotopic (exact) mass is 389 g/mol. The first kappa shape index (κ1) is 17.5. The summed E-state index contributed by atoms with van der Waals surface area (Å²) in [6, 6.07) is -1.28. The Labute approximate surface area is 158 Å². The number of likely N-dealkylation sites (N-methyl/N-ethyl adjacent to an activating group) is 2. The maximum atomic E-state index is 12.4. The maximum Gasteiger partial charge on any atom is 0.333 e. The third kappa shape index (κ3) is 2.83. The minimum Gasteiger partial charge on any atom is -0.299 e. The lowest BCUT2D eigenvalue weighted by Crippen LogP contribution is -2.61. The van der Waals surface area contributed by atoms with E-state index in [-0.39, 0.29) is 18.2 Å². The molecule has 0 aromatic carbocycles. The fraction of sp³-hybridized carbons (Fsp3) is 0.438. The quantitative estimate of drug-likeness (QED) is 0.728. The van der Waals surface area contributed by atoms with E-state index in [1.807, 2.05) is 0 Å². The Bertz CT molecular complexity index is 949. The van der Waals surface area contributed by atoms with Gasteiger partial charge in [0.25, 0.3) is 30.0 Å². The van der Waals surface area contributed by atoms with Crippen LogP contribution in [0.1, 0.15) is 28.2 Å². The summed E-state index contributed by atoms with van der Waals surface area (Å²) >= 11 is 1.18. The summed E-state index contributed by atoms with van der Waals surface area (Å²) in [7, 11) is 2.93. The SMILES string of the molecule is CN1C(=O)C2C(=NC=[N+]2CC(=O)Nc2nc3c(s2)C(=O)CCC3)N(C)C1=O. The Hall–Kier alpha value is -2.95. The number of nitrogens with zero attached hydrogens (tertiary/aromatic N) is 5. The van der Waals surface area contributed by atoms with Crippen LogP contribution >= 0.6 is 11.3 Å². The van der Waals surface area contributed by atoms with Gasteiger partial charge in [-0.05, 0) is 17.8 Å². The van der Waals surface area contributed by atoms with Gasteiger partial charge in [0.05, 0.1) is 10.6 Å². The molecule has 4 rings (SSSR count). The zero-order chi connectivity index (χ0) is 19.3. The maximum absolute atomic E-state index is 12.4. The smallest absolute Gasteiger partial charge is 0.299 e. The van der Waals surface area contributed by atoms with Crippen molar-refractivity contribution in [1.29, 1.82) is 0 Å². The van der Waals surface area contributed by atoms with Crippen LogP contribution in [-0.2, 0) is 16.0 Å². The highest BCUT2D eigenvalue weighted by molar-refractivity contribution is 7.17. The van der Waals surface area contributed by atoms with Crippen molar-refractivity contribution in [3.05, 3.63) is 10.6 Å². The average molecular weight is 389 g/mol. The number of rotatable bonds is 3. The third-order valence-corrected chi connectivity index (χ3v) is 5.79. The Morgan fingerprint density at radius 1 is 1.30 bits per heavy atom. The second kappa shape index (κ2) is 6.34. The van der Waals surface area contributed by atoms with Crippen LogP contribution in [0, 0.1) is 0 Å². The number of aliphatic imine (C=N–C) groups is 1. The summed E-state index contributed by atoms with van der Waals surface area (Å²) in [4.78, 5) is 60.1. The molecular weight excluding hydrogens is 372 g/mol. The van der Waals surface area contributed by atoms with Crippen molar-refractivity contribution < 1.29 is 23.8 Å². The van der Waals surface area contributed by atoms with Gasteiger partial charge in [-0.3, -0.25) is 29.5 Å². The molecule has 0 saturated carbocycles. The number of amidine groups is 1. The molecule has 140 valence electrons. The number of amides is 4. The molecule has 1 fully saturated rings. The van der Waals surface area contributed by atoms with Gasteiger partial charge < -0.3 is 0 Å². The van der Waals surface area contributed by atoms with Crippen molar-refractivity contribution in [2.75, 3.05) is 26.0 Å². The van der Waals surface area contributed by atoms with Gasteiger partial charge >= 0.3 is 6.03 Å². The number of hydrogen-bond acceptors (Lipinski definition) is 7. The molecule has 0 spiro atoms. The van der Waals surface area contributed by atoms with E-state index < -0.39 is 18.0 Å². The van der Waals surface area contributed by atoms with E-state index in [1.54, 1.807) is 0 Å². The van der Waals surface area contributed by atoms with E-state index in [9.17, 15) is 19.2 Å². The first-order valence-electron chi connectivity index (χ1n) is 8.41. The Morgan fingerprint density at radius 2 is 2.07 bits per heavy atom. The highest BCUT2D eigenvalue weighted by Crippen LogP contribution is 2.29. The average Bonchev–Trinajstić information content (AvgIpc) is 3.23. The topological polar surface area (TPSA) is 115 Å². The zero-order valence-electron chi connectivity index (χ0n) is 14.8. The predicted molar refractivity (Wildman–Crippen MR) is 96.4 cm³/mol. The van der Waals surface area contributed by atoms with E-state index in [0.29, 0.717) is 22.3 Å². The third-order valence-electron chi connectivity index (χ3n) is 4.74. The highest BCUT2D eigenvalue weighted by Gasteiger charge is 2.50. The van der Waals surface area contributed by atoms with Crippen LogP contribution in [0.3, 0.4) is 0 Å². The van der Waals surface area contributed by atoms with Crippen molar-refractivity contribution in [1.82, 2.24) is 14.8 Å². The summed E-state index contributed by atoms with van der Waals surface area (Å²) < 4.78 is 1.48. The van der Waals surface area contributed by atoms with Gasteiger partial charge in [-0.25, -0.2) is 14.4 Å². The van der Waals surface area contributed by atoms with Crippen LogP contribution in [-0.4, -0.2) is 81.8 Å². The standard InChI is InChI=1S/C16H16N6O4S/c1-20-13-11(14(25)21(2)16(20)26)22(7-17-13)6-10(24)19-15-18-8-4-3-5-9(23)12(8)27-15/h7,11H,3-6H2,1-2H3/p+1. The number of hydrogen-bond donors (Lipinski definition) is 1. The number of carbonyl (C=O) groups is 4. The molecule has 1 N–H and O–H groups in total. The van der Waals surface area contributed by atoms with E-state index in [2.05, 4.69) is 15.3 Å². The number of anilines is 1. The molecule has 1 atom stereocenters. The number of Topliss-reactive ketones (excluding diaryl/α,β-unsaturated/α-hetero) is 1. The van der Waals surface area contributed by atoms with Crippen LogP contribution in [0.4, 0.5) is 9.93 Å². The number of imide groups is 1. The van der Waals surface area contributed by atoms with Crippen LogP contribution in [0.5, 0.6) is 0 Å². The molecule has 1 aromatic heterocycles. The van der Waals surface area contributed by atoms with Gasteiger partial charge in [-0.1, -0.05) is 11.3 Å². The molecule has 0 bridgehead atoms. The Balaban J connectivity index is 1.46. The summed E-state index contributed by atoms with van der Waals surface area (Å²) in [5, 5.41) is 3.06. The molecule has 0 radical (unpaired) electrons. The minimum absolute atomic E-state index is 0.0590. The van der Waals surface area contributed by atoms with Crippen LogP contribution in [0.25, 0.3) is 0 Å². The molecule has 1 aromatic rings. The van der Waals surface area contributed by atoms with Crippen LogP contribution < -0.4 is 5.32 Å². The van der Waals surface area contributed by atoms with Crippen molar-refractivity contribution in [2.45, 2.75) is 25.3 Å². The minimum atomic E-state index is -0.811. The molecule has 4 amide bonds. The number of ketones is 1. The zero-order valence-corrected chi connectivity index (χ0v) is 15.6. The summed E-state index contributed by atoms with van der Waals surface area (Å²) in [6.45, 7) is -0.128. The number of fused-ring (bicyclic) bond motifs is 2. The van der Waals surface area contributed by atoms with E-state index in [0.717, 1.165) is 23.4 Å². The van der Waals surface area contributed by atoms with Gasteiger partial charge in [-0.2, -0.15) is 0 Å². The Morgan fingerprint density at radius 3 is 2.81 bits per heavy atom. The lowest BCUT2D eigenvalue weighted by molar-refractivity contribution is -0.519. The number of nitrogens with one attached hydrogen (secondary N) is 1. The highest BCUT2D eigenvalue weighted by atomic mass is 32.1. The van der Waals surface area contributed by atoms with Crippen molar-refractivity contribution >= 4 is 52.3 Å². The summed E-state index contributed by atoms with van der Waals surface area (Å²) in [6.07, 6.45) is 3.40. The molecule has 10 nitrogen and oxygen atoms in total. The normalized spacial score (nSPS) is 21.7. The van der Waals surface area contributed by atoms with Crippen molar-refractivity contribution in [2.24, 2.45) is 4.99 Å². The molecule has 27 heavy (non-hydrogen) atoms. The van der Waals surface area contributed by atoms with E-state index in [1.165, 1.54) is 41.2 Å². The lowest BCUT2D eigenvalue weighted by atomic mass is 10.0. The molecule has 3 aliphatic rings. The van der Waals surface area contributed by atoms with Gasteiger partial charge in [0.1, 0.15) is 0 Å². The second-order valence-electron chi connectivity index (χ2n) is 6.54. The van der Waals surface area contributed by atoms with Crippen LogP contribution in [0.2, 0.25) is 0 Å². The molecule has 11 heteroatoms. The van der Waals surface area contributed by atoms with Gasteiger partial charge in [-0.15, -0.1) is 0 Å². The number of urea groups is 1. The van der Waals surface area contributed by atoms with E-state index in [4.69, 9.17) is 0 Å². The number of thiazole rings is 1. The predicted octanol–water partition coefficient (Wildman–Crippen LogP) is -0.0541. The molecular formula is C16H17N6O4S+. The first-order chi connectivity index (χ1) is 12.9. The van der Waals surface area contributed by atoms with Crippen molar-refractivity contribution in [3.63, 3.8) is 0 Å². The fourth-order valence-electron chi connectivity index (χ4n) is 3.32. The largest absolute Gasteiger partial charge is 0.333 e.